The van der Waals surface area contributed by atoms with Crippen LogP contribution in [0.1, 0.15) is 38.2 Å². The standard InChI is InChI=1S/C19H23FN2O5/c1-12-5-7-19(8-6-12)17(24)22(18(25)21-19)10-16(23)27-11-13-3-4-15(26-2)14(20)9-13/h3-4,9,12H,5-8,10-11H2,1-2H3,(H,21,25). The number of methoxy groups -OCH3 is 1. The van der Waals surface area contributed by atoms with E-state index in [0.29, 0.717) is 24.3 Å². The normalized spacial score (nSPS) is 24.9. The zero-order valence-corrected chi connectivity index (χ0v) is 15.4. The Kier molecular flexibility index (Phi) is 5.34. The number of esters is 1. The van der Waals surface area contributed by atoms with Gasteiger partial charge in [-0.15, -0.1) is 0 Å². The van der Waals surface area contributed by atoms with Crippen LogP contribution in [-0.4, -0.2) is 42.0 Å². The van der Waals surface area contributed by atoms with Gasteiger partial charge in [0, 0.05) is 0 Å². The van der Waals surface area contributed by atoms with E-state index >= 15 is 0 Å². The second-order valence-electron chi connectivity index (χ2n) is 7.22. The third-order valence-electron chi connectivity index (χ3n) is 5.28. The summed E-state index contributed by atoms with van der Waals surface area (Å²) in [7, 11) is 1.36. The molecule has 1 aromatic carbocycles. The number of rotatable bonds is 5. The monoisotopic (exact) mass is 378 g/mol. The maximum atomic E-state index is 13.7. The van der Waals surface area contributed by atoms with Gasteiger partial charge in [-0.1, -0.05) is 13.0 Å². The first-order valence-electron chi connectivity index (χ1n) is 8.97. The summed E-state index contributed by atoms with van der Waals surface area (Å²) in [5.74, 6) is -1.04. The topological polar surface area (TPSA) is 84.9 Å². The van der Waals surface area contributed by atoms with Crippen molar-refractivity contribution < 1.29 is 28.2 Å². The van der Waals surface area contributed by atoms with E-state index in [1.807, 2.05) is 0 Å². The van der Waals surface area contributed by atoms with Crippen LogP contribution in [0.3, 0.4) is 0 Å². The second kappa shape index (κ2) is 7.54. The summed E-state index contributed by atoms with van der Waals surface area (Å²) < 4.78 is 23.6. The van der Waals surface area contributed by atoms with Crippen molar-refractivity contribution in [2.24, 2.45) is 5.92 Å². The van der Waals surface area contributed by atoms with Crippen LogP contribution in [-0.2, 0) is 20.9 Å². The lowest BCUT2D eigenvalue weighted by atomic mass is 9.77. The highest BCUT2D eigenvalue weighted by Gasteiger charge is 2.52. The maximum absolute atomic E-state index is 13.7. The van der Waals surface area contributed by atoms with Gasteiger partial charge in [-0.25, -0.2) is 9.18 Å². The van der Waals surface area contributed by atoms with Crippen molar-refractivity contribution in [1.29, 1.82) is 0 Å². The SMILES string of the molecule is COc1ccc(COC(=O)CN2C(=O)NC3(CCC(C)CC3)C2=O)cc1F. The molecule has 2 aliphatic rings. The molecule has 0 unspecified atom stereocenters. The summed E-state index contributed by atoms with van der Waals surface area (Å²) >= 11 is 0. The number of nitrogens with zero attached hydrogens (tertiary/aromatic N) is 1. The summed E-state index contributed by atoms with van der Waals surface area (Å²) in [5, 5.41) is 2.76. The number of ether oxygens (including phenoxy) is 2. The van der Waals surface area contributed by atoms with Gasteiger partial charge in [-0.05, 0) is 49.3 Å². The molecule has 8 heteroatoms. The molecule has 1 saturated heterocycles. The minimum absolute atomic E-state index is 0.0940. The first kappa shape index (κ1) is 19.1. The third kappa shape index (κ3) is 3.89. The molecule has 0 aromatic heterocycles. The average molecular weight is 378 g/mol. The second-order valence-corrected chi connectivity index (χ2v) is 7.22. The Morgan fingerprint density at radius 2 is 2.04 bits per heavy atom. The summed E-state index contributed by atoms with van der Waals surface area (Å²) in [4.78, 5) is 37.9. The Labute approximate surface area is 156 Å². The minimum Gasteiger partial charge on any atom is -0.494 e. The number of imide groups is 1. The Bertz CT molecular complexity index is 758. The fourth-order valence-corrected chi connectivity index (χ4v) is 3.55. The molecule has 1 heterocycles. The highest BCUT2D eigenvalue weighted by molar-refractivity contribution is 6.08. The van der Waals surface area contributed by atoms with Gasteiger partial charge in [0.1, 0.15) is 18.7 Å². The maximum Gasteiger partial charge on any atom is 0.326 e. The molecule has 1 saturated carbocycles. The zero-order valence-electron chi connectivity index (χ0n) is 15.4. The average Bonchev–Trinajstić information content (AvgIpc) is 2.87. The van der Waals surface area contributed by atoms with E-state index in [4.69, 9.17) is 9.47 Å². The van der Waals surface area contributed by atoms with E-state index in [0.717, 1.165) is 17.7 Å². The molecule has 1 spiro atoms. The molecule has 27 heavy (non-hydrogen) atoms. The van der Waals surface area contributed by atoms with E-state index in [2.05, 4.69) is 12.2 Å². The predicted molar refractivity (Wildman–Crippen MR) is 93.4 cm³/mol. The molecular weight excluding hydrogens is 355 g/mol. The molecule has 3 amide bonds. The van der Waals surface area contributed by atoms with Gasteiger partial charge in [-0.3, -0.25) is 14.5 Å². The minimum atomic E-state index is -0.886. The molecule has 0 radical (unpaired) electrons. The molecule has 7 nitrogen and oxygen atoms in total. The van der Waals surface area contributed by atoms with Crippen molar-refractivity contribution in [3.8, 4) is 5.75 Å². The fourth-order valence-electron chi connectivity index (χ4n) is 3.55. The van der Waals surface area contributed by atoms with Crippen LogP contribution in [0.15, 0.2) is 18.2 Å². The van der Waals surface area contributed by atoms with Crippen LogP contribution in [0, 0.1) is 11.7 Å². The number of carbonyl (C=O) groups is 3. The lowest BCUT2D eigenvalue weighted by Gasteiger charge is -2.33. The van der Waals surface area contributed by atoms with Crippen molar-refractivity contribution in [1.82, 2.24) is 10.2 Å². The van der Waals surface area contributed by atoms with E-state index < -0.39 is 29.9 Å². The number of nitrogens with one attached hydrogen (secondary N) is 1. The highest BCUT2D eigenvalue weighted by atomic mass is 19.1. The van der Waals surface area contributed by atoms with Gasteiger partial charge in [0.25, 0.3) is 5.91 Å². The number of hydrogen-bond donors (Lipinski definition) is 1. The van der Waals surface area contributed by atoms with Crippen LogP contribution >= 0.6 is 0 Å². The van der Waals surface area contributed by atoms with Gasteiger partial charge < -0.3 is 14.8 Å². The zero-order chi connectivity index (χ0) is 19.6. The number of halogens is 1. The van der Waals surface area contributed by atoms with Crippen molar-refractivity contribution in [3.05, 3.63) is 29.6 Å². The molecule has 146 valence electrons. The largest absolute Gasteiger partial charge is 0.494 e. The summed E-state index contributed by atoms with van der Waals surface area (Å²) in [5.41, 5.74) is -0.445. The van der Waals surface area contributed by atoms with Gasteiger partial charge in [0.15, 0.2) is 11.6 Å². The first-order valence-corrected chi connectivity index (χ1v) is 8.97. The summed E-state index contributed by atoms with van der Waals surface area (Å²) in [6.45, 7) is 1.50. The number of benzene rings is 1. The van der Waals surface area contributed by atoms with Crippen molar-refractivity contribution in [3.63, 3.8) is 0 Å². The number of urea groups is 1. The molecule has 3 rings (SSSR count). The number of hydrogen-bond acceptors (Lipinski definition) is 5. The van der Waals surface area contributed by atoms with E-state index in [9.17, 15) is 18.8 Å². The molecule has 0 bridgehead atoms. The lowest BCUT2D eigenvalue weighted by molar-refractivity contribution is -0.149. The van der Waals surface area contributed by atoms with Gasteiger partial charge >= 0.3 is 12.0 Å². The van der Waals surface area contributed by atoms with Gasteiger partial charge in [-0.2, -0.15) is 0 Å². The molecule has 1 N–H and O–H groups in total. The Hall–Kier alpha value is -2.64. The fraction of sp³-hybridized carbons (Fsp3) is 0.526. The Morgan fingerprint density at radius 1 is 1.33 bits per heavy atom. The predicted octanol–water partition coefficient (Wildman–Crippen LogP) is 2.38. The van der Waals surface area contributed by atoms with Crippen LogP contribution in [0.2, 0.25) is 0 Å². The van der Waals surface area contributed by atoms with E-state index in [1.54, 1.807) is 6.07 Å². The van der Waals surface area contributed by atoms with E-state index in [-0.39, 0.29) is 18.3 Å². The molecule has 0 atom stereocenters. The quantitative estimate of drug-likeness (QED) is 0.628. The van der Waals surface area contributed by atoms with Crippen LogP contribution in [0.4, 0.5) is 9.18 Å². The Morgan fingerprint density at radius 3 is 2.67 bits per heavy atom. The molecule has 1 aliphatic heterocycles. The molecular formula is C19H23FN2O5. The van der Waals surface area contributed by atoms with Crippen LogP contribution in [0.25, 0.3) is 0 Å². The van der Waals surface area contributed by atoms with Crippen molar-refractivity contribution in [2.75, 3.05) is 13.7 Å². The van der Waals surface area contributed by atoms with Crippen LogP contribution in [0.5, 0.6) is 5.75 Å². The number of carbonyl (C=O) groups excluding carboxylic acids is 3. The van der Waals surface area contributed by atoms with Gasteiger partial charge in [0.2, 0.25) is 0 Å². The molecule has 1 aliphatic carbocycles. The first-order chi connectivity index (χ1) is 12.8. The summed E-state index contributed by atoms with van der Waals surface area (Å²) in [6, 6.07) is 3.64. The van der Waals surface area contributed by atoms with Crippen molar-refractivity contribution >= 4 is 17.9 Å². The van der Waals surface area contributed by atoms with Crippen molar-refractivity contribution in [2.45, 2.75) is 44.8 Å². The number of amides is 3. The van der Waals surface area contributed by atoms with E-state index in [1.165, 1.54) is 19.2 Å². The third-order valence-corrected chi connectivity index (χ3v) is 5.28. The Balaban J connectivity index is 1.57. The smallest absolute Gasteiger partial charge is 0.326 e. The highest BCUT2D eigenvalue weighted by Crippen LogP contribution is 2.36. The molecule has 1 aromatic rings. The lowest BCUT2D eigenvalue weighted by Crippen LogP contribution is -2.49. The van der Waals surface area contributed by atoms with Gasteiger partial charge in [0.05, 0.1) is 7.11 Å². The summed E-state index contributed by atoms with van der Waals surface area (Å²) in [6.07, 6.45) is 2.87. The molecule has 2 fully saturated rings. The van der Waals surface area contributed by atoms with Crippen LogP contribution < -0.4 is 10.1 Å².